The van der Waals surface area contributed by atoms with Gasteiger partial charge in [0.2, 0.25) is 0 Å². The molecule has 0 amide bonds. The molecule has 0 radical (unpaired) electrons. The summed E-state index contributed by atoms with van der Waals surface area (Å²) in [5.41, 5.74) is 3.11. The van der Waals surface area contributed by atoms with Gasteiger partial charge in [0.15, 0.2) is 5.11 Å². The predicted molar refractivity (Wildman–Crippen MR) is 107 cm³/mol. The van der Waals surface area contributed by atoms with Crippen LogP contribution < -0.4 is 10.6 Å². The van der Waals surface area contributed by atoms with Crippen molar-refractivity contribution >= 4 is 46.2 Å². The van der Waals surface area contributed by atoms with E-state index in [-0.39, 0.29) is 10.0 Å². The Bertz CT molecular complexity index is 938. The highest BCUT2D eigenvalue weighted by atomic mass is 35.5. The molecule has 26 heavy (non-hydrogen) atoms. The summed E-state index contributed by atoms with van der Waals surface area (Å²) in [5, 5.41) is 6.25. The fraction of sp³-hybridized carbons (Fsp3) is 0.0556. The van der Waals surface area contributed by atoms with Gasteiger partial charge in [-0.05, 0) is 48.1 Å². The van der Waals surface area contributed by atoms with Crippen molar-refractivity contribution in [2.24, 2.45) is 0 Å². The average molecular weight is 407 g/mol. The Kier molecular flexibility index (Phi) is 5.98. The molecule has 8 heteroatoms. The highest BCUT2D eigenvalue weighted by Gasteiger charge is 2.11. The molecule has 3 rings (SSSR count). The van der Waals surface area contributed by atoms with Crippen LogP contribution in [-0.2, 0) is 6.54 Å². The van der Waals surface area contributed by atoms with Crippen LogP contribution in [-0.4, -0.2) is 15.1 Å². The first kappa shape index (κ1) is 18.5. The van der Waals surface area contributed by atoms with Gasteiger partial charge in [0.1, 0.15) is 5.82 Å². The lowest BCUT2D eigenvalue weighted by Gasteiger charge is -2.14. The number of nitrogens with zero attached hydrogens (tertiary/aromatic N) is 2. The first-order chi connectivity index (χ1) is 12.6. The molecule has 0 aliphatic carbocycles. The van der Waals surface area contributed by atoms with Crippen LogP contribution in [0.4, 0.5) is 10.1 Å². The van der Waals surface area contributed by atoms with Crippen molar-refractivity contribution in [3.05, 3.63) is 76.4 Å². The van der Waals surface area contributed by atoms with Gasteiger partial charge in [-0.1, -0.05) is 29.3 Å². The van der Waals surface area contributed by atoms with Crippen LogP contribution in [0.2, 0.25) is 10.0 Å². The first-order valence-corrected chi connectivity index (χ1v) is 8.75. The molecule has 3 aromatic rings. The Morgan fingerprint density at radius 2 is 1.88 bits per heavy atom. The Labute approximate surface area is 165 Å². The summed E-state index contributed by atoms with van der Waals surface area (Å²) in [6.45, 7) is 0.441. The molecule has 132 valence electrons. The molecule has 0 aliphatic heterocycles. The molecule has 0 aliphatic rings. The van der Waals surface area contributed by atoms with Gasteiger partial charge < -0.3 is 10.6 Å². The summed E-state index contributed by atoms with van der Waals surface area (Å²) in [6, 6.07) is 10.3. The molecule has 2 heterocycles. The molecule has 0 saturated carbocycles. The second kappa shape index (κ2) is 8.40. The molecule has 0 saturated heterocycles. The molecule has 1 aromatic carbocycles. The van der Waals surface area contributed by atoms with Gasteiger partial charge in [-0.2, -0.15) is 0 Å². The topological polar surface area (TPSA) is 49.8 Å². The maximum Gasteiger partial charge on any atom is 0.171 e. The zero-order valence-corrected chi connectivity index (χ0v) is 15.7. The largest absolute Gasteiger partial charge is 0.358 e. The van der Waals surface area contributed by atoms with Crippen molar-refractivity contribution in [3.8, 4) is 11.3 Å². The van der Waals surface area contributed by atoms with E-state index in [1.54, 1.807) is 18.6 Å². The van der Waals surface area contributed by atoms with Crippen LogP contribution in [0.1, 0.15) is 5.56 Å². The van der Waals surface area contributed by atoms with Gasteiger partial charge in [0, 0.05) is 30.7 Å². The fourth-order valence-corrected chi connectivity index (χ4v) is 2.86. The number of hydrogen-bond acceptors (Lipinski definition) is 3. The number of benzene rings is 1. The number of halogens is 3. The second-order valence-electron chi connectivity index (χ2n) is 5.28. The van der Waals surface area contributed by atoms with Crippen LogP contribution in [0.15, 0.2) is 55.0 Å². The van der Waals surface area contributed by atoms with Gasteiger partial charge >= 0.3 is 0 Å². The smallest absolute Gasteiger partial charge is 0.171 e. The van der Waals surface area contributed by atoms with E-state index in [9.17, 15) is 4.39 Å². The van der Waals surface area contributed by atoms with Crippen LogP contribution in [0.25, 0.3) is 11.3 Å². The summed E-state index contributed by atoms with van der Waals surface area (Å²) in [6.07, 6.45) is 5.19. The second-order valence-corrected chi connectivity index (χ2v) is 6.45. The van der Waals surface area contributed by atoms with Crippen LogP contribution in [0.5, 0.6) is 0 Å². The lowest BCUT2D eigenvalue weighted by atomic mass is 10.1. The Morgan fingerprint density at radius 1 is 1.08 bits per heavy atom. The van der Waals surface area contributed by atoms with Gasteiger partial charge in [-0.25, -0.2) is 4.39 Å². The number of thiocarbonyl (C=S) groups is 1. The number of rotatable bonds is 4. The number of hydrogen-bond donors (Lipinski definition) is 2. The Balaban J connectivity index is 1.70. The number of nitrogens with one attached hydrogen (secondary N) is 2. The molecule has 4 nitrogen and oxygen atoms in total. The van der Waals surface area contributed by atoms with Crippen molar-refractivity contribution in [3.63, 3.8) is 0 Å². The van der Waals surface area contributed by atoms with E-state index in [1.165, 1.54) is 12.1 Å². The first-order valence-electron chi connectivity index (χ1n) is 7.59. The van der Waals surface area contributed by atoms with E-state index in [0.29, 0.717) is 17.3 Å². The van der Waals surface area contributed by atoms with Gasteiger partial charge in [0.25, 0.3) is 0 Å². The average Bonchev–Trinajstić information content (AvgIpc) is 2.68. The molecule has 2 N–H and O–H groups in total. The fourth-order valence-electron chi connectivity index (χ4n) is 2.31. The summed E-state index contributed by atoms with van der Waals surface area (Å²) in [5.74, 6) is -0.586. The van der Waals surface area contributed by atoms with E-state index in [2.05, 4.69) is 20.6 Å². The van der Waals surface area contributed by atoms with E-state index in [0.717, 1.165) is 16.8 Å². The van der Waals surface area contributed by atoms with Gasteiger partial charge in [-0.15, -0.1) is 0 Å². The summed E-state index contributed by atoms with van der Waals surface area (Å²) < 4.78 is 13.4. The number of pyridine rings is 2. The minimum absolute atomic E-state index is 0.0771. The third-order valence-electron chi connectivity index (χ3n) is 3.55. The predicted octanol–water partition coefficient (Wildman–Crippen LogP) is 5.08. The van der Waals surface area contributed by atoms with E-state index >= 15 is 0 Å². The van der Waals surface area contributed by atoms with E-state index in [1.807, 2.05) is 24.3 Å². The summed E-state index contributed by atoms with van der Waals surface area (Å²) in [7, 11) is 0. The molecule has 2 aromatic heterocycles. The highest BCUT2D eigenvalue weighted by molar-refractivity contribution is 7.80. The summed E-state index contributed by atoms with van der Waals surface area (Å²) >= 11 is 17.1. The normalized spacial score (nSPS) is 10.4. The lowest BCUT2D eigenvalue weighted by molar-refractivity contribution is 0.628. The zero-order chi connectivity index (χ0) is 18.5. The van der Waals surface area contributed by atoms with Crippen molar-refractivity contribution < 1.29 is 4.39 Å². The SMILES string of the molecule is Fc1ccc(NC(=S)NCc2cccnc2-c2cccnc2)c(Cl)c1Cl. The molecule has 0 unspecified atom stereocenters. The number of anilines is 1. The lowest BCUT2D eigenvalue weighted by Crippen LogP contribution is -2.28. The van der Waals surface area contributed by atoms with Crippen LogP contribution >= 0.6 is 35.4 Å². The monoisotopic (exact) mass is 406 g/mol. The summed E-state index contributed by atoms with van der Waals surface area (Å²) in [4.78, 5) is 8.54. The van der Waals surface area contributed by atoms with Gasteiger partial charge in [-0.3, -0.25) is 9.97 Å². The van der Waals surface area contributed by atoms with Crippen molar-refractivity contribution in [1.29, 1.82) is 0 Å². The van der Waals surface area contributed by atoms with Crippen molar-refractivity contribution in [1.82, 2.24) is 15.3 Å². The molecule has 0 fully saturated rings. The third-order valence-corrected chi connectivity index (χ3v) is 4.65. The Morgan fingerprint density at radius 3 is 2.65 bits per heavy atom. The molecule has 0 atom stereocenters. The minimum atomic E-state index is -0.586. The molecular weight excluding hydrogens is 394 g/mol. The Hall–Kier alpha value is -2.28. The van der Waals surface area contributed by atoms with E-state index < -0.39 is 5.82 Å². The minimum Gasteiger partial charge on any atom is -0.358 e. The molecular formula is C18H13Cl2FN4S. The maximum absolute atomic E-state index is 13.4. The zero-order valence-electron chi connectivity index (χ0n) is 13.3. The van der Waals surface area contributed by atoms with Crippen molar-refractivity contribution in [2.75, 3.05) is 5.32 Å². The van der Waals surface area contributed by atoms with E-state index in [4.69, 9.17) is 35.4 Å². The standard InChI is InChI=1S/C18H13Cl2FN4S/c19-15-13(21)5-6-14(16(15)20)25-18(26)24-10-12-4-2-8-23-17(12)11-3-1-7-22-9-11/h1-9H,10H2,(H2,24,25,26). The third kappa shape index (κ3) is 4.27. The molecule has 0 spiro atoms. The highest BCUT2D eigenvalue weighted by Crippen LogP contribution is 2.32. The molecule has 0 bridgehead atoms. The van der Waals surface area contributed by atoms with Crippen LogP contribution in [0, 0.1) is 5.82 Å². The number of aromatic nitrogens is 2. The van der Waals surface area contributed by atoms with Gasteiger partial charge in [0.05, 0.1) is 21.4 Å². The van der Waals surface area contributed by atoms with Crippen LogP contribution in [0.3, 0.4) is 0 Å². The maximum atomic E-state index is 13.4. The quantitative estimate of drug-likeness (QED) is 0.467. The van der Waals surface area contributed by atoms with Crippen molar-refractivity contribution in [2.45, 2.75) is 6.54 Å².